The van der Waals surface area contributed by atoms with E-state index in [0.717, 1.165) is 9.35 Å². The Morgan fingerprint density at radius 1 is 1.59 bits per heavy atom. The smallest absolute Gasteiger partial charge is 0.332 e. The highest BCUT2D eigenvalue weighted by Crippen LogP contribution is 2.27. The Bertz CT molecular complexity index is 412. The van der Waals surface area contributed by atoms with Crippen LogP contribution in [0.3, 0.4) is 0 Å². The van der Waals surface area contributed by atoms with E-state index in [1.54, 1.807) is 6.07 Å². The van der Waals surface area contributed by atoms with Crippen LogP contribution in [0.4, 0.5) is 0 Å². The first-order valence-corrected chi connectivity index (χ1v) is 6.47. The summed E-state index contributed by atoms with van der Waals surface area (Å²) in [6, 6.07) is 1.75. The number of aliphatic hydroxyl groups is 1. The van der Waals surface area contributed by atoms with Crippen LogP contribution in [0.1, 0.15) is 21.7 Å². The predicted molar refractivity (Wildman–Crippen MR) is 67.3 cm³/mol. The predicted octanol–water partition coefficient (Wildman–Crippen LogP) is 1.38. The third-order valence-corrected chi connectivity index (χ3v) is 4.20. The summed E-state index contributed by atoms with van der Waals surface area (Å²) < 4.78 is 0.897. The maximum atomic E-state index is 11.6. The zero-order valence-electron chi connectivity index (χ0n) is 9.07. The standard InChI is InChI=1S/C10H12BrNO4S/c1-5-4-7(17-8(5)11)9(14)12-3-2-6(13)10(15)16/h4,6,13H,2-3H2,1H3,(H,12,14)(H,15,16). The van der Waals surface area contributed by atoms with Crippen molar-refractivity contribution >= 4 is 39.1 Å². The topological polar surface area (TPSA) is 86.6 Å². The van der Waals surface area contributed by atoms with E-state index in [-0.39, 0.29) is 18.9 Å². The van der Waals surface area contributed by atoms with E-state index in [0.29, 0.717) is 4.88 Å². The van der Waals surface area contributed by atoms with E-state index in [4.69, 9.17) is 10.2 Å². The number of amides is 1. The molecular formula is C10H12BrNO4S. The molecule has 1 atom stereocenters. The number of hydrogen-bond acceptors (Lipinski definition) is 4. The third kappa shape index (κ3) is 4.10. The van der Waals surface area contributed by atoms with Gasteiger partial charge in [0, 0.05) is 13.0 Å². The highest BCUT2D eigenvalue weighted by atomic mass is 79.9. The average Bonchev–Trinajstić information content (AvgIpc) is 2.59. The summed E-state index contributed by atoms with van der Waals surface area (Å²) >= 11 is 4.63. The second-order valence-electron chi connectivity index (χ2n) is 3.47. The van der Waals surface area contributed by atoms with Gasteiger partial charge >= 0.3 is 5.97 Å². The van der Waals surface area contributed by atoms with Gasteiger partial charge in [-0.15, -0.1) is 11.3 Å². The van der Waals surface area contributed by atoms with Crippen molar-refractivity contribution in [1.29, 1.82) is 0 Å². The molecule has 0 aliphatic heterocycles. The lowest BCUT2D eigenvalue weighted by Gasteiger charge is -2.06. The van der Waals surface area contributed by atoms with Crippen molar-refractivity contribution in [1.82, 2.24) is 5.32 Å². The molecule has 0 saturated carbocycles. The molecule has 0 aromatic carbocycles. The lowest BCUT2D eigenvalue weighted by atomic mass is 10.2. The van der Waals surface area contributed by atoms with E-state index >= 15 is 0 Å². The SMILES string of the molecule is Cc1cc(C(=O)NCCC(O)C(=O)O)sc1Br. The lowest BCUT2D eigenvalue weighted by Crippen LogP contribution is -2.29. The van der Waals surface area contributed by atoms with Crippen molar-refractivity contribution in [2.45, 2.75) is 19.4 Å². The Hall–Kier alpha value is -0.920. The van der Waals surface area contributed by atoms with Gasteiger partial charge in [-0.1, -0.05) is 0 Å². The maximum absolute atomic E-state index is 11.6. The van der Waals surface area contributed by atoms with Gasteiger partial charge in [0.1, 0.15) is 0 Å². The van der Waals surface area contributed by atoms with Gasteiger partial charge in [-0.25, -0.2) is 4.79 Å². The first-order chi connectivity index (χ1) is 7.91. The van der Waals surface area contributed by atoms with E-state index in [2.05, 4.69) is 21.2 Å². The van der Waals surface area contributed by atoms with E-state index < -0.39 is 12.1 Å². The molecule has 0 saturated heterocycles. The number of carboxylic acids is 1. The van der Waals surface area contributed by atoms with E-state index in [1.165, 1.54) is 11.3 Å². The molecular weight excluding hydrogens is 310 g/mol. The van der Waals surface area contributed by atoms with Gasteiger partial charge in [-0.2, -0.15) is 0 Å². The molecule has 0 radical (unpaired) electrons. The molecule has 1 aromatic rings. The zero-order chi connectivity index (χ0) is 13.0. The van der Waals surface area contributed by atoms with Crippen molar-refractivity contribution < 1.29 is 19.8 Å². The van der Waals surface area contributed by atoms with Crippen LogP contribution < -0.4 is 5.32 Å². The molecule has 5 nitrogen and oxygen atoms in total. The largest absolute Gasteiger partial charge is 0.479 e. The molecule has 1 amide bonds. The summed E-state index contributed by atoms with van der Waals surface area (Å²) in [5.41, 5.74) is 0.978. The number of hydrogen-bond donors (Lipinski definition) is 3. The normalized spacial score (nSPS) is 12.2. The summed E-state index contributed by atoms with van der Waals surface area (Å²) in [6.45, 7) is 2.01. The van der Waals surface area contributed by atoms with Gasteiger partial charge in [0.15, 0.2) is 6.10 Å². The first-order valence-electron chi connectivity index (χ1n) is 4.87. The van der Waals surface area contributed by atoms with Crippen molar-refractivity contribution in [3.05, 3.63) is 20.3 Å². The summed E-state index contributed by atoms with van der Waals surface area (Å²) in [5.74, 6) is -1.55. The molecule has 0 spiro atoms. The molecule has 0 fully saturated rings. The molecule has 17 heavy (non-hydrogen) atoms. The van der Waals surface area contributed by atoms with Crippen molar-refractivity contribution in [2.75, 3.05) is 6.54 Å². The molecule has 0 aliphatic rings. The third-order valence-electron chi connectivity index (χ3n) is 2.07. The molecule has 1 aromatic heterocycles. The summed E-state index contributed by atoms with van der Waals surface area (Å²) in [5, 5.41) is 20.0. The number of nitrogens with one attached hydrogen (secondary N) is 1. The fourth-order valence-electron chi connectivity index (χ4n) is 1.10. The minimum atomic E-state index is -1.44. The van der Waals surface area contributed by atoms with Gasteiger partial charge < -0.3 is 15.5 Å². The van der Waals surface area contributed by atoms with E-state index in [9.17, 15) is 9.59 Å². The highest BCUT2D eigenvalue weighted by molar-refractivity contribution is 9.11. The van der Waals surface area contributed by atoms with Crippen molar-refractivity contribution in [2.24, 2.45) is 0 Å². The Labute approximate surface area is 111 Å². The lowest BCUT2D eigenvalue weighted by molar-refractivity contribution is -0.146. The van der Waals surface area contributed by atoms with Crippen molar-refractivity contribution in [3.63, 3.8) is 0 Å². The number of carboxylic acid groups (broad SMARTS) is 1. The van der Waals surface area contributed by atoms with Crippen LogP contribution >= 0.6 is 27.3 Å². The number of carbonyl (C=O) groups excluding carboxylic acids is 1. The summed E-state index contributed by atoms with van der Waals surface area (Å²) in [6.07, 6.45) is -1.45. The van der Waals surface area contributed by atoms with Crippen LogP contribution in [0, 0.1) is 6.92 Å². The maximum Gasteiger partial charge on any atom is 0.332 e. The number of aliphatic hydroxyl groups excluding tert-OH is 1. The van der Waals surface area contributed by atoms with Crippen LogP contribution in [0.15, 0.2) is 9.85 Å². The van der Waals surface area contributed by atoms with Gasteiger partial charge in [0.25, 0.3) is 5.91 Å². The quantitative estimate of drug-likeness (QED) is 0.764. The van der Waals surface area contributed by atoms with Gasteiger partial charge in [0.05, 0.1) is 8.66 Å². The second kappa shape index (κ2) is 6.13. The number of thiophene rings is 1. The number of rotatable bonds is 5. The number of carbonyl (C=O) groups is 2. The molecule has 0 aliphatic carbocycles. The van der Waals surface area contributed by atoms with Crippen LogP contribution in [-0.2, 0) is 4.79 Å². The monoisotopic (exact) mass is 321 g/mol. The summed E-state index contributed by atoms with van der Waals surface area (Å²) in [7, 11) is 0. The average molecular weight is 322 g/mol. The highest BCUT2D eigenvalue weighted by Gasteiger charge is 2.14. The van der Waals surface area contributed by atoms with Crippen LogP contribution in [0.2, 0.25) is 0 Å². The summed E-state index contributed by atoms with van der Waals surface area (Å²) in [4.78, 5) is 22.5. The molecule has 7 heteroatoms. The molecule has 3 N–H and O–H groups in total. The second-order valence-corrected chi connectivity index (χ2v) is 5.84. The number of halogens is 1. The van der Waals surface area contributed by atoms with E-state index in [1.807, 2.05) is 6.92 Å². The Morgan fingerprint density at radius 2 is 2.24 bits per heavy atom. The molecule has 1 unspecified atom stereocenters. The minimum Gasteiger partial charge on any atom is -0.479 e. The number of aliphatic carboxylic acids is 1. The van der Waals surface area contributed by atoms with Crippen LogP contribution in [0.5, 0.6) is 0 Å². The molecule has 1 heterocycles. The van der Waals surface area contributed by atoms with Gasteiger partial charge in [-0.05, 0) is 34.5 Å². The Balaban J connectivity index is 2.43. The van der Waals surface area contributed by atoms with Gasteiger partial charge in [-0.3, -0.25) is 4.79 Å². The molecule has 1 rings (SSSR count). The van der Waals surface area contributed by atoms with Crippen LogP contribution in [-0.4, -0.2) is 34.7 Å². The fourth-order valence-corrected chi connectivity index (χ4v) is 2.56. The molecule has 94 valence electrons. The molecule has 0 bridgehead atoms. The Kier molecular flexibility index (Phi) is 5.10. The Morgan fingerprint density at radius 3 is 2.71 bits per heavy atom. The van der Waals surface area contributed by atoms with Gasteiger partial charge in [0.2, 0.25) is 0 Å². The van der Waals surface area contributed by atoms with Crippen LogP contribution in [0.25, 0.3) is 0 Å². The van der Waals surface area contributed by atoms with Crippen molar-refractivity contribution in [3.8, 4) is 0 Å². The minimum absolute atomic E-state index is 0.00734. The fraction of sp³-hybridized carbons (Fsp3) is 0.400. The first kappa shape index (κ1) is 14.1. The zero-order valence-corrected chi connectivity index (χ0v) is 11.5. The number of aryl methyl sites for hydroxylation is 1.